The van der Waals surface area contributed by atoms with Crippen LogP contribution in [0.3, 0.4) is 0 Å². The largest absolute Gasteiger partial charge is 0.494 e. The number of carbonyl (C=O) groups is 1. The summed E-state index contributed by atoms with van der Waals surface area (Å²) < 4.78 is 22.2. The molecular weight excluding hydrogens is 420 g/mol. The average Bonchev–Trinajstić information content (AvgIpc) is 3.10. The third-order valence-corrected chi connectivity index (χ3v) is 5.08. The highest BCUT2D eigenvalue weighted by atomic mass is 16.6. The molecule has 3 aromatic rings. The maximum atomic E-state index is 12.7. The Morgan fingerprint density at radius 2 is 1.78 bits per heavy atom. The Morgan fingerprint density at radius 1 is 1.06 bits per heavy atom. The summed E-state index contributed by atoms with van der Waals surface area (Å²) in [6.45, 7) is 2.30. The lowest BCUT2D eigenvalue weighted by Gasteiger charge is -2.16. The summed E-state index contributed by atoms with van der Waals surface area (Å²) >= 11 is 0. The van der Waals surface area contributed by atoms with Crippen LogP contribution in [-0.4, -0.2) is 41.5 Å². The molecule has 2 aromatic carbocycles. The van der Waals surface area contributed by atoms with E-state index in [-0.39, 0.29) is 22.6 Å². The van der Waals surface area contributed by atoms with Crippen LogP contribution in [0.2, 0.25) is 0 Å². The van der Waals surface area contributed by atoms with Gasteiger partial charge in [-0.25, -0.2) is 14.2 Å². The van der Waals surface area contributed by atoms with Crippen LogP contribution in [0.25, 0.3) is 5.69 Å². The maximum absolute atomic E-state index is 12.7. The number of hydrogen-bond donors (Lipinski definition) is 2. The van der Waals surface area contributed by atoms with Crippen LogP contribution in [0.4, 0.5) is 0 Å². The fraction of sp³-hybridized carbons (Fsp3) is 0.227. The van der Waals surface area contributed by atoms with Crippen molar-refractivity contribution < 1.29 is 28.8 Å². The van der Waals surface area contributed by atoms with Crippen molar-refractivity contribution in [3.63, 3.8) is 0 Å². The summed E-state index contributed by atoms with van der Waals surface area (Å²) in [7, 11) is 2.79. The van der Waals surface area contributed by atoms with Crippen molar-refractivity contribution in [2.75, 3.05) is 20.8 Å². The number of cyclic esters (lactones) is 1. The zero-order chi connectivity index (χ0) is 23.0. The minimum atomic E-state index is -1.25. The molecule has 0 aliphatic carbocycles. The molecule has 0 unspecified atom stereocenters. The summed E-state index contributed by atoms with van der Waals surface area (Å²) in [6, 6.07) is 9.44. The van der Waals surface area contributed by atoms with E-state index < -0.39 is 29.2 Å². The second-order valence-electron chi connectivity index (χ2n) is 6.81. The highest BCUT2D eigenvalue weighted by Gasteiger charge is 2.40. The lowest BCUT2D eigenvalue weighted by molar-refractivity contribution is 0.0447. The molecule has 1 aliphatic heterocycles. The lowest BCUT2D eigenvalue weighted by Crippen LogP contribution is -2.32. The van der Waals surface area contributed by atoms with E-state index in [4.69, 9.17) is 18.9 Å². The number of nitrogens with one attached hydrogen (secondary N) is 1. The van der Waals surface area contributed by atoms with Crippen molar-refractivity contribution in [1.29, 1.82) is 0 Å². The molecule has 1 atom stereocenters. The van der Waals surface area contributed by atoms with Crippen LogP contribution >= 0.6 is 0 Å². The van der Waals surface area contributed by atoms with Gasteiger partial charge in [-0.05, 0) is 37.3 Å². The number of carbonyl (C=O) groups excluding carboxylic acids is 1. The predicted molar refractivity (Wildman–Crippen MR) is 112 cm³/mol. The zero-order valence-electron chi connectivity index (χ0n) is 17.5. The van der Waals surface area contributed by atoms with Gasteiger partial charge in [0, 0.05) is 5.56 Å². The molecule has 2 heterocycles. The minimum Gasteiger partial charge on any atom is -0.494 e. The van der Waals surface area contributed by atoms with Crippen LogP contribution in [0.5, 0.6) is 23.1 Å². The second kappa shape index (κ2) is 8.14. The molecule has 0 radical (unpaired) electrons. The number of aromatic amines is 1. The number of fused-ring (bicyclic) bond motifs is 1. The number of nitrogens with zero attached hydrogens (tertiary/aromatic N) is 1. The van der Waals surface area contributed by atoms with Gasteiger partial charge in [-0.2, -0.15) is 0 Å². The van der Waals surface area contributed by atoms with E-state index in [9.17, 15) is 19.5 Å². The SMILES string of the molecule is CCOc1ccc(-n2c(O)c([C@H]3OC(=O)c4c3ccc(OC)c4OC)c(=O)[nH]c2=O)cc1. The Labute approximate surface area is 181 Å². The molecule has 1 aliphatic rings. The number of esters is 1. The molecular formula is C22H20N2O8. The fourth-order valence-corrected chi connectivity index (χ4v) is 3.69. The van der Waals surface area contributed by atoms with Crippen LogP contribution in [0.15, 0.2) is 46.0 Å². The second-order valence-corrected chi connectivity index (χ2v) is 6.81. The highest BCUT2D eigenvalue weighted by molar-refractivity contribution is 5.98. The molecule has 166 valence electrons. The number of hydrogen-bond acceptors (Lipinski definition) is 8. The van der Waals surface area contributed by atoms with Crippen LogP contribution in [0.1, 0.15) is 34.5 Å². The smallest absolute Gasteiger partial charge is 0.343 e. The van der Waals surface area contributed by atoms with Crippen molar-refractivity contribution in [3.05, 3.63) is 73.9 Å². The van der Waals surface area contributed by atoms with Gasteiger partial charge in [0.15, 0.2) is 17.6 Å². The molecule has 2 N–H and O–H groups in total. The Balaban J connectivity index is 1.89. The van der Waals surface area contributed by atoms with Gasteiger partial charge in [-0.1, -0.05) is 6.07 Å². The molecule has 0 bridgehead atoms. The van der Waals surface area contributed by atoms with Gasteiger partial charge in [-0.3, -0.25) is 9.78 Å². The molecule has 4 rings (SSSR count). The van der Waals surface area contributed by atoms with E-state index in [2.05, 4.69) is 4.98 Å². The maximum Gasteiger partial charge on any atom is 0.343 e. The van der Waals surface area contributed by atoms with Crippen molar-refractivity contribution in [1.82, 2.24) is 9.55 Å². The minimum absolute atomic E-state index is 0.0782. The number of rotatable bonds is 6. The van der Waals surface area contributed by atoms with E-state index in [1.54, 1.807) is 30.3 Å². The first-order valence-electron chi connectivity index (χ1n) is 9.68. The van der Waals surface area contributed by atoms with E-state index >= 15 is 0 Å². The zero-order valence-corrected chi connectivity index (χ0v) is 17.5. The first-order valence-corrected chi connectivity index (χ1v) is 9.68. The number of H-pyrrole nitrogens is 1. The summed E-state index contributed by atoms with van der Waals surface area (Å²) in [5.41, 5.74) is -1.37. The first-order chi connectivity index (χ1) is 15.4. The molecule has 10 heteroatoms. The third kappa shape index (κ3) is 3.25. The molecule has 0 fully saturated rings. The van der Waals surface area contributed by atoms with Crippen LogP contribution in [-0.2, 0) is 4.74 Å². The molecule has 0 saturated heterocycles. The van der Waals surface area contributed by atoms with Crippen LogP contribution in [0, 0.1) is 0 Å². The summed E-state index contributed by atoms with van der Waals surface area (Å²) in [4.78, 5) is 40.0. The average molecular weight is 440 g/mol. The number of aromatic nitrogens is 2. The summed E-state index contributed by atoms with van der Waals surface area (Å²) in [6.07, 6.45) is -1.25. The van der Waals surface area contributed by atoms with E-state index in [0.717, 1.165) is 4.57 Å². The monoisotopic (exact) mass is 440 g/mol. The van der Waals surface area contributed by atoms with E-state index in [0.29, 0.717) is 23.7 Å². The van der Waals surface area contributed by atoms with Crippen molar-refractivity contribution in [3.8, 4) is 28.8 Å². The predicted octanol–water partition coefficient (Wildman–Crippen LogP) is 1.91. The number of methoxy groups -OCH3 is 2. The fourth-order valence-electron chi connectivity index (χ4n) is 3.69. The molecule has 0 saturated carbocycles. The third-order valence-electron chi connectivity index (χ3n) is 5.08. The van der Waals surface area contributed by atoms with Gasteiger partial charge in [0.1, 0.15) is 16.9 Å². The van der Waals surface area contributed by atoms with Gasteiger partial charge in [0.25, 0.3) is 5.56 Å². The van der Waals surface area contributed by atoms with Gasteiger partial charge in [-0.15, -0.1) is 0 Å². The summed E-state index contributed by atoms with van der Waals surface area (Å²) in [5, 5.41) is 10.9. The summed E-state index contributed by atoms with van der Waals surface area (Å²) in [5.74, 6) is -0.371. The Morgan fingerprint density at radius 3 is 2.41 bits per heavy atom. The Hall–Kier alpha value is -4.21. The molecule has 0 spiro atoms. The Bertz CT molecular complexity index is 1310. The molecule has 32 heavy (non-hydrogen) atoms. The normalized spacial score (nSPS) is 14.6. The standard InChI is InChI=1S/C22H20N2O8/c1-4-31-12-7-5-11(6-8-12)24-20(26)16(19(25)23-22(24)28)17-13-9-10-14(29-2)18(30-3)15(13)21(27)32-17/h5-10,17,26H,4H2,1-3H3,(H,23,25,28)/t17-/m0/s1. The van der Waals surface area contributed by atoms with Gasteiger partial charge in [0.05, 0.1) is 26.5 Å². The number of aromatic hydroxyl groups is 1. The van der Waals surface area contributed by atoms with E-state index in [1.807, 2.05) is 6.92 Å². The van der Waals surface area contributed by atoms with Crippen molar-refractivity contribution in [2.24, 2.45) is 0 Å². The van der Waals surface area contributed by atoms with Crippen LogP contribution < -0.4 is 25.5 Å². The topological polar surface area (TPSA) is 129 Å². The van der Waals surface area contributed by atoms with Crippen molar-refractivity contribution >= 4 is 5.97 Å². The van der Waals surface area contributed by atoms with Crippen molar-refractivity contribution in [2.45, 2.75) is 13.0 Å². The van der Waals surface area contributed by atoms with E-state index in [1.165, 1.54) is 20.3 Å². The molecule has 10 nitrogen and oxygen atoms in total. The number of ether oxygens (including phenoxy) is 4. The molecule has 1 aromatic heterocycles. The van der Waals surface area contributed by atoms with Gasteiger partial charge < -0.3 is 24.1 Å². The van der Waals surface area contributed by atoms with Gasteiger partial charge >= 0.3 is 11.7 Å². The van der Waals surface area contributed by atoms with Gasteiger partial charge in [0.2, 0.25) is 5.88 Å². The first kappa shape index (κ1) is 21.0. The lowest BCUT2D eigenvalue weighted by atomic mass is 9.99. The highest BCUT2D eigenvalue weighted by Crippen LogP contribution is 2.45. The number of benzene rings is 2. The Kier molecular flexibility index (Phi) is 5.35. The molecule has 0 amide bonds. The quantitative estimate of drug-likeness (QED) is 0.556.